The zero-order valence-electron chi connectivity index (χ0n) is 11.0. The van der Waals surface area contributed by atoms with Crippen LogP contribution >= 0.6 is 0 Å². The number of pyridine rings is 1. The van der Waals surface area contributed by atoms with E-state index >= 15 is 0 Å². The molecule has 2 atom stereocenters. The van der Waals surface area contributed by atoms with Gasteiger partial charge >= 0.3 is 6.18 Å². The summed E-state index contributed by atoms with van der Waals surface area (Å²) in [5.74, 6) is -3.29. The third-order valence-electron chi connectivity index (χ3n) is 3.20. The van der Waals surface area contributed by atoms with E-state index in [1.807, 2.05) is 5.32 Å². The number of carbonyl (C=O) groups excluding carboxylic acids is 1. The molecular weight excluding hydrogens is 285 g/mol. The SMILES string of the molecule is C=C1NC(=O)C(Nc2cccc(C)n2)(C(F)(F)F)C1C#N. The number of aromatic nitrogens is 1. The predicted molar refractivity (Wildman–Crippen MR) is 67.8 cm³/mol. The molecule has 1 aliphatic rings. The summed E-state index contributed by atoms with van der Waals surface area (Å²) < 4.78 is 40.6. The third kappa shape index (κ3) is 2.20. The van der Waals surface area contributed by atoms with Crippen molar-refractivity contribution in [1.82, 2.24) is 10.3 Å². The summed E-state index contributed by atoms with van der Waals surface area (Å²) in [4.78, 5) is 15.8. The second kappa shape index (κ2) is 4.77. The molecule has 0 spiro atoms. The quantitative estimate of drug-likeness (QED) is 0.873. The number of hydrogen-bond acceptors (Lipinski definition) is 4. The van der Waals surface area contributed by atoms with E-state index < -0.39 is 23.5 Å². The summed E-state index contributed by atoms with van der Waals surface area (Å²) in [5, 5.41) is 13.1. The van der Waals surface area contributed by atoms with Crippen LogP contribution in [0.1, 0.15) is 5.69 Å². The van der Waals surface area contributed by atoms with Crippen molar-refractivity contribution in [2.24, 2.45) is 5.92 Å². The number of amides is 1. The Balaban J connectivity index is 2.56. The average molecular weight is 296 g/mol. The molecule has 2 N–H and O–H groups in total. The maximum Gasteiger partial charge on any atom is 0.422 e. The van der Waals surface area contributed by atoms with Gasteiger partial charge in [-0.2, -0.15) is 18.4 Å². The van der Waals surface area contributed by atoms with Crippen LogP contribution < -0.4 is 10.6 Å². The van der Waals surface area contributed by atoms with E-state index in [-0.39, 0.29) is 11.5 Å². The highest BCUT2D eigenvalue weighted by molar-refractivity contribution is 5.96. The molecule has 0 aromatic carbocycles. The lowest BCUT2D eigenvalue weighted by Crippen LogP contribution is -2.60. The number of nitrogens with one attached hydrogen (secondary N) is 2. The summed E-state index contributed by atoms with van der Waals surface area (Å²) in [6.07, 6.45) is -5.00. The van der Waals surface area contributed by atoms with Crippen molar-refractivity contribution < 1.29 is 18.0 Å². The smallest absolute Gasteiger partial charge is 0.347 e. The van der Waals surface area contributed by atoms with Gasteiger partial charge in [-0.15, -0.1) is 0 Å². The molecule has 0 saturated carbocycles. The van der Waals surface area contributed by atoms with Gasteiger partial charge in [-0.25, -0.2) is 4.98 Å². The van der Waals surface area contributed by atoms with Gasteiger partial charge in [0.2, 0.25) is 5.54 Å². The molecule has 2 heterocycles. The molecule has 8 heteroatoms. The van der Waals surface area contributed by atoms with Crippen LogP contribution in [-0.2, 0) is 4.79 Å². The van der Waals surface area contributed by atoms with Crippen molar-refractivity contribution in [3.8, 4) is 6.07 Å². The van der Waals surface area contributed by atoms with Crippen LogP contribution in [0.2, 0.25) is 0 Å². The Morgan fingerprint density at radius 2 is 2.19 bits per heavy atom. The van der Waals surface area contributed by atoms with Gasteiger partial charge in [0, 0.05) is 11.4 Å². The van der Waals surface area contributed by atoms with Crippen LogP contribution in [-0.4, -0.2) is 22.6 Å². The molecule has 0 aliphatic carbocycles. The van der Waals surface area contributed by atoms with Crippen LogP contribution in [0.15, 0.2) is 30.5 Å². The average Bonchev–Trinajstić information content (AvgIpc) is 2.60. The van der Waals surface area contributed by atoms with Crippen molar-refractivity contribution in [2.45, 2.75) is 18.6 Å². The lowest BCUT2D eigenvalue weighted by molar-refractivity contribution is -0.185. The molecule has 5 nitrogen and oxygen atoms in total. The van der Waals surface area contributed by atoms with E-state index in [1.165, 1.54) is 18.2 Å². The van der Waals surface area contributed by atoms with Crippen molar-refractivity contribution >= 4 is 11.7 Å². The van der Waals surface area contributed by atoms with Gasteiger partial charge in [-0.3, -0.25) is 4.79 Å². The zero-order chi connectivity index (χ0) is 15.8. The van der Waals surface area contributed by atoms with Gasteiger partial charge in [0.25, 0.3) is 5.91 Å². The maximum absolute atomic E-state index is 13.5. The zero-order valence-corrected chi connectivity index (χ0v) is 11.0. The van der Waals surface area contributed by atoms with Crippen LogP contribution in [0.5, 0.6) is 0 Å². The highest BCUT2D eigenvalue weighted by Gasteiger charge is 2.69. The molecule has 1 aliphatic heterocycles. The van der Waals surface area contributed by atoms with Gasteiger partial charge in [-0.1, -0.05) is 12.6 Å². The lowest BCUT2D eigenvalue weighted by Gasteiger charge is -2.32. The summed E-state index contributed by atoms with van der Waals surface area (Å²) in [6.45, 7) is 4.91. The van der Waals surface area contributed by atoms with Gasteiger partial charge in [0.1, 0.15) is 11.7 Å². The number of rotatable bonds is 2. The largest absolute Gasteiger partial charge is 0.422 e. The fraction of sp³-hybridized carbons (Fsp3) is 0.308. The molecular formula is C13H11F3N4O. The highest BCUT2D eigenvalue weighted by atomic mass is 19.4. The number of anilines is 1. The van der Waals surface area contributed by atoms with E-state index in [0.29, 0.717) is 5.69 Å². The lowest BCUT2D eigenvalue weighted by atomic mass is 9.85. The molecule has 1 saturated heterocycles. The number of halogens is 3. The summed E-state index contributed by atoms with van der Waals surface area (Å²) in [6, 6.07) is 5.87. The Hall–Kier alpha value is -2.56. The van der Waals surface area contributed by atoms with E-state index in [0.717, 1.165) is 0 Å². The molecule has 1 aromatic rings. The molecule has 1 aromatic heterocycles. The maximum atomic E-state index is 13.5. The molecule has 21 heavy (non-hydrogen) atoms. The van der Waals surface area contributed by atoms with E-state index in [2.05, 4.69) is 16.9 Å². The first-order valence-electron chi connectivity index (χ1n) is 5.91. The van der Waals surface area contributed by atoms with Crippen LogP contribution in [0.25, 0.3) is 0 Å². The number of hydrogen-bond donors (Lipinski definition) is 2. The fourth-order valence-electron chi connectivity index (χ4n) is 2.19. The number of aryl methyl sites for hydroxylation is 1. The Labute approximate surface area is 118 Å². The summed E-state index contributed by atoms with van der Waals surface area (Å²) in [7, 11) is 0. The van der Waals surface area contributed by atoms with Gasteiger partial charge < -0.3 is 10.6 Å². The monoisotopic (exact) mass is 296 g/mol. The molecule has 1 fully saturated rings. The first-order valence-corrected chi connectivity index (χ1v) is 5.91. The van der Waals surface area contributed by atoms with Gasteiger partial charge in [0.15, 0.2) is 0 Å². The third-order valence-corrected chi connectivity index (χ3v) is 3.20. The van der Waals surface area contributed by atoms with Crippen molar-refractivity contribution in [3.63, 3.8) is 0 Å². The van der Waals surface area contributed by atoms with E-state index in [1.54, 1.807) is 13.0 Å². The standard InChI is InChI=1S/C13H11F3N4O/c1-7-4-3-5-10(18-7)20-12(13(14,15)16)9(6-17)8(2)19-11(12)21/h3-5,9H,2H2,1H3,(H,18,20)(H,19,21). The molecule has 2 rings (SSSR count). The normalized spacial score (nSPS) is 25.4. The minimum atomic E-state index is -5.00. The number of nitriles is 1. The molecule has 0 radical (unpaired) electrons. The molecule has 110 valence electrons. The van der Waals surface area contributed by atoms with E-state index in [9.17, 15) is 18.0 Å². The second-order valence-electron chi connectivity index (χ2n) is 4.64. The number of carbonyl (C=O) groups is 1. The number of alkyl halides is 3. The molecule has 2 unspecified atom stereocenters. The summed E-state index contributed by atoms with van der Waals surface area (Å²) in [5.41, 5.74) is -2.91. The first kappa shape index (κ1) is 14.8. The van der Waals surface area contributed by atoms with Crippen molar-refractivity contribution in [3.05, 3.63) is 36.2 Å². The Bertz CT molecular complexity index is 650. The molecule has 0 bridgehead atoms. The van der Waals surface area contributed by atoms with Crippen LogP contribution in [0.3, 0.4) is 0 Å². The fourth-order valence-corrected chi connectivity index (χ4v) is 2.19. The predicted octanol–water partition coefficient (Wildman–Crippen LogP) is 1.89. The Morgan fingerprint density at radius 3 is 2.71 bits per heavy atom. The first-order chi connectivity index (χ1) is 9.72. The van der Waals surface area contributed by atoms with Gasteiger partial charge in [0.05, 0.1) is 6.07 Å². The second-order valence-corrected chi connectivity index (χ2v) is 4.64. The summed E-state index contributed by atoms with van der Waals surface area (Å²) >= 11 is 0. The minimum Gasteiger partial charge on any atom is -0.347 e. The topological polar surface area (TPSA) is 77.8 Å². The van der Waals surface area contributed by atoms with Crippen molar-refractivity contribution in [1.29, 1.82) is 5.26 Å². The Morgan fingerprint density at radius 1 is 1.52 bits per heavy atom. The van der Waals surface area contributed by atoms with Crippen LogP contribution in [0, 0.1) is 24.2 Å². The van der Waals surface area contributed by atoms with E-state index in [4.69, 9.17) is 5.26 Å². The van der Waals surface area contributed by atoms with Crippen LogP contribution in [0.4, 0.5) is 19.0 Å². The molecule has 1 amide bonds. The van der Waals surface area contributed by atoms with Crippen molar-refractivity contribution in [2.75, 3.05) is 5.32 Å². The van der Waals surface area contributed by atoms with Gasteiger partial charge in [-0.05, 0) is 19.1 Å². The minimum absolute atomic E-state index is 0.141. The Kier molecular flexibility index (Phi) is 3.37. The highest BCUT2D eigenvalue weighted by Crippen LogP contribution is 2.44. The number of nitrogens with zero attached hydrogens (tertiary/aromatic N) is 2.